The van der Waals surface area contributed by atoms with Gasteiger partial charge in [-0.2, -0.15) is 20.0 Å². The number of carbonyl (C=O) groups excluding carboxylic acids is 1. The highest BCUT2D eigenvalue weighted by atomic mass is 35.5. The minimum Gasteiger partial charge on any atom is -0.334 e. The molecule has 0 aliphatic carbocycles. The van der Waals surface area contributed by atoms with Gasteiger partial charge in [0.1, 0.15) is 0 Å². The van der Waals surface area contributed by atoms with Crippen LogP contribution >= 0.6 is 11.6 Å². The molecule has 0 spiro atoms. The van der Waals surface area contributed by atoms with Gasteiger partial charge in [0.15, 0.2) is 5.82 Å². The van der Waals surface area contributed by atoms with Crippen LogP contribution in [0, 0.1) is 0 Å². The highest BCUT2D eigenvalue weighted by molar-refractivity contribution is 6.31. The van der Waals surface area contributed by atoms with E-state index in [1.165, 1.54) is 4.80 Å². The highest BCUT2D eigenvalue weighted by Crippen LogP contribution is 2.34. The summed E-state index contributed by atoms with van der Waals surface area (Å²) in [5.41, 5.74) is 3.07. The van der Waals surface area contributed by atoms with E-state index in [4.69, 9.17) is 16.1 Å². The number of hydrogen-bond donors (Lipinski definition) is 0. The minimum atomic E-state index is -0.261. The van der Waals surface area contributed by atoms with Gasteiger partial charge in [-0.1, -0.05) is 41.9 Å². The lowest BCUT2D eigenvalue weighted by Crippen LogP contribution is -2.32. The third kappa shape index (κ3) is 3.67. The van der Waals surface area contributed by atoms with E-state index in [0.29, 0.717) is 34.5 Å². The summed E-state index contributed by atoms with van der Waals surface area (Å²) in [4.78, 5) is 21.4. The van der Waals surface area contributed by atoms with Crippen LogP contribution in [0.1, 0.15) is 47.6 Å². The Morgan fingerprint density at radius 3 is 2.81 bits per heavy atom. The Hall–Kier alpha value is -3.52. The van der Waals surface area contributed by atoms with Crippen molar-refractivity contribution in [3.8, 4) is 17.1 Å². The van der Waals surface area contributed by atoms with Crippen molar-refractivity contribution in [2.45, 2.75) is 32.2 Å². The molecule has 0 N–H and O–H groups in total. The van der Waals surface area contributed by atoms with Crippen LogP contribution in [-0.4, -0.2) is 42.5 Å². The smallest absolute Gasteiger partial charge is 0.258 e. The van der Waals surface area contributed by atoms with E-state index in [1.807, 2.05) is 18.2 Å². The molecule has 32 heavy (non-hydrogen) atoms. The van der Waals surface area contributed by atoms with E-state index in [9.17, 15) is 4.79 Å². The van der Waals surface area contributed by atoms with Gasteiger partial charge in [0.25, 0.3) is 11.8 Å². The lowest BCUT2D eigenvalue weighted by molar-refractivity contribution is 0.0728. The standard InChI is InChI=1S/C23H21ClN6O2/c1-2-15-6-3-4-7-17(15)22-27-21(28-32-22)19-8-5-13-29(19)23(31)18-10-9-16(24)14-20(18)30-25-11-12-26-30/h3-4,6-7,9-12,14,19H,2,5,8,13H2,1H3. The molecule has 3 heterocycles. The van der Waals surface area contributed by atoms with Gasteiger partial charge in [0, 0.05) is 17.1 Å². The number of benzene rings is 2. The van der Waals surface area contributed by atoms with Crippen molar-refractivity contribution in [2.24, 2.45) is 0 Å². The number of nitrogens with zero attached hydrogens (tertiary/aromatic N) is 6. The van der Waals surface area contributed by atoms with Crippen LogP contribution < -0.4 is 0 Å². The number of aromatic nitrogens is 5. The largest absolute Gasteiger partial charge is 0.334 e. The fourth-order valence-electron chi connectivity index (χ4n) is 4.14. The van der Waals surface area contributed by atoms with Gasteiger partial charge in [-0.05, 0) is 49.1 Å². The fraction of sp³-hybridized carbons (Fsp3) is 0.261. The van der Waals surface area contributed by atoms with E-state index < -0.39 is 0 Å². The highest BCUT2D eigenvalue weighted by Gasteiger charge is 2.35. The summed E-state index contributed by atoms with van der Waals surface area (Å²) >= 11 is 6.18. The summed E-state index contributed by atoms with van der Waals surface area (Å²) in [5.74, 6) is 0.853. The van der Waals surface area contributed by atoms with Crippen LogP contribution in [0.4, 0.5) is 0 Å². The van der Waals surface area contributed by atoms with Gasteiger partial charge in [0.2, 0.25) is 0 Å². The molecule has 2 aromatic heterocycles. The van der Waals surface area contributed by atoms with E-state index in [1.54, 1.807) is 35.5 Å². The van der Waals surface area contributed by atoms with Gasteiger partial charge >= 0.3 is 0 Å². The molecule has 5 rings (SSSR count). The molecule has 9 heteroatoms. The van der Waals surface area contributed by atoms with Gasteiger partial charge in [-0.15, -0.1) is 0 Å². The molecule has 4 aromatic rings. The molecule has 0 radical (unpaired) electrons. The van der Waals surface area contributed by atoms with Crippen molar-refractivity contribution in [1.82, 2.24) is 30.0 Å². The first-order valence-corrected chi connectivity index (χ1v) is 10.9. The first-order valence-electron chi connectivity index (χ1n) is 10.5. The van der Waals surface area contributed by atoms with Crippen molar-refractivity contribution in [1.29, 1.82) is 0 Å². The molecule has 1 unspecified atom stereocenters. The first kappa shape index (κ1) is 20.4. The molecule has 162 valence electrons. The number of rotatable bonds is 5. The normalized spacial score (nSPS) is 15.9. The van der Waals surface area contributed by atoms with Gasteiger partial charge in [-0.3, -0.25) is 4.79 Å². The van der Waals surface area contributed by atoms with Crippen LogP contribution in [0.5, 0.6) is 0 Å². The summed E-state index contributed by atoms with van der Waals surface area (Å²) in [6.07, 6.45) is 5.60. The zero-order valence-corrected chi connectivity index (χ0v) is 18.2. The monoisotopic (exact) mass is 448 g/mol. The maximum Gasteiger partial charge on any atom is 0.258 e. The molecule has 1 atom stereocenters. The SMILES string of the molecule is CCc1ccccc1-c1nc(C2CCCN2C(=O)c2ccc(Cl)cc2-n2nccn2)no1. The number of amides is 1. The molecular formula is C23H21ClN6O2. The van der Waals surface area contributed by atoms with E-state index in [-0.39, 0.29) is 11.9 Å². The van der Waals surface area contributed by atoms with Crippen LogP contribution in [0.15, 0.2) is 59.4 Å². The van der Waals surface area contributed by atoms with E-state index >= 15 is 0 Å². The minimum absolute atomic E-state index is 0.142. The number of carbonyl (C=O) groups is 1. The Morgan fingerprint density at radius 1 is 1.19 bits per heavy atom. The number of likely N-dealkylation sites (tertiary alicyclic amines) is 1. The number of hydrogen-bond acceptors (Lipinski definition) is 6. The zero-order valence-electron chi connectivity index (χ0n) is 17.5. The Kier molecular flexibility index (Phi) is 5.45. The average molecular weight is 449 g/mol. The molecular weight excluding hydrogens is 428 g/mol. The maximum absolute atomic E-state index is 13.6. The van der Waals surface area contributed by atoms with Crippen molar-refractivity contribution in [2.75, 3.05) is 6.54 Å². The number of halogens is 1. The Balaban J connectivity index is 1.47. The summed E-state index contributed by atoms with van der Waals surface area (Å²) in [6.45, 7) is 2.69. The molecule has 1 saturated heterocycles. The third-order valence-electron chi connectivity index (χ3n) is 5.71. The van der Waals surface area contributed by atoms with E-state index in [2.05, 4.69) is 33.3 Å². The Morgan fingerprint density at radius 2 is 2.00 bits per heavy atom. The van der Waals surface area contributed by atoms with Gasteiger partial charge < -0.3 is 9.42 Å². The van der Waals surface area contributed by atoms with Gasteiger partial charge in [0.05, 0.1) is 29.7 Å². The molecule has 1 amide bonds. The lowest BCUT2D eigenvalue weighted by Gasteiger charge is -2.23. The fourth-order valence-corrected chi connectivity index (χ4v) is 4.31. The van der Waals surface area contributed by atoms with E-state index in [0.717, 1.165) is 30.4 Å². The molecule has 1 aliphatic rings. The van der Waals surface area contributed by atoms with Crippen molar-refractivity contribution in [3.63, 3.8) is 0 Å². The van der Waals surface area contributed by atoms with Crippen molar-refractivity contribution >= 4 is 17.5 Å². The lowest BCUT2D eigenvalue weighted by atomic mass is 10.1. The molecule has 8 nitrogen and oxygen atoms in total. The summed E-state index contributed by atoms with van der Waals surface area (Å²) in [6, 6.07) is 12.8. The molecule has 0 bridgehead atoms. The Bertz CT molecular complexity index is 1250. The number of aryl methyl sites for hydroxylation is 1. The summed E-state index contributed by atoms with van der Waals surface area (Å²) in [5, 5.41) is 13.1. The zero-order chi connectivity index (χ0) is 22.1. The third-order valence-corrected chi connectivity index (χ3v) is 5.94. The van der Waals surface area contributed by atoms with Crippen LogP contribution in [0.25, 0.3) is 17.1 Å². The van der Waals surface area contributed by atoms with Crippen molar-refractivity contribution < 1.29 is 9.32 Å². The topological polar surface area (TPSA) is 89.9 Å². The molecule has 0 saturated carbocycles. The molecule has 2 aromatic carbocycles. The average Bonchev–Trinajstić information content (AvgIpc) is 3.59. The van der Waals surface area contributed by atoms with Crippen LogP contribution in [0.2, 0.25) is 5.02 Å². The van der Waals surface area contributed by atoms with Crippen LogP contribution in [0.3, 0.4) is 0 Å². The summed E-state index contributed by atoms with van der Waals surface area (Å²) < 4.78 is 5.60. The molecule has 1 aliphatic heterocycles. The quantitative estimate of drug-likeness (QED) is 0.446. The Labute approximate surface area is 189 Å². The maximum atomic E-state index is 13.6. The second kappa shape index (κ2) is 8.55. The first-order chi connectivity index (χ1) is 15.7. The molecule has 1 fully saturated rings. The van der Waals surface area contributed by atoms with Gasteiger partial charge in [-0.25, -0.2) is 0 Å². The summed E-state index contributed by atoms with van der Waals surface area (Å²) in [7, 11) is 0. The second-order valence-electron chi connectivity index (χ2n) is 7.60. The van der Waals surface area contributed by atoms with Crippen LogP contribution in [-0.2, 0) is 6.42 Å². The van der Waals surface area contributed by atoms with Crippen molar-refractivity contribution in [3.05, 3.63) is 76.8 Å². The predicted molar refractivity (Wildman–Crippen MR) is 118 cm³/mol. The predicted octanol–water partition coefficient (Wildman–Crippen LogP) is 4.51. The second-order valence-corrected chi connectivity index (χ2v) is 8.04.